The number of fused-ring (bicyclic) bond motifs is 1. The molecule has 0 spiro atoms. The average Bonchev–Trinajstić information content (AvgIpc) is 2.94. The van der Waals surface area contributed by atoms with Crippen LogP contribution in [0.2, 0.25) is 10.0 Å². The van der Waals surface area contributed by atoms with Gasteiger partial charge in [-0.15, -0.1) is 0 Å². The van der Waals surface area contributed by atoms with Crippen molar-refractivity contribution in [2.45, 2.75) is 32.9 Å². The number of carbonyl (C=O) groups excluding carboxylic acids is 1. The number of nitrogens with zero attached hydrogens (tertiary/aromatic N) is 2. The summed E-state index contributed by atoms with van der Waals surface area (Å²) in [7, 11) is 0. The summed E-state index contributed by atoms with van der Waals surface area (Å²) < 4.78 is 2.12. The fraction of sp³-hybridized carbons (Fsp3) is 0.263. The van der Waals surface area contributed by atoms with Crippen molar-refractivity contribution in [3.8, 4) is 0 Å². The maximum atomic E-state index is 11.6. The molecule has 0 radical (unpaired) electrons. The third-order valence-corrected chi connectivity index (χ3v) is 4.85. The Morgan fingerprint density at radius 3 is 2.64 bits per heavy atom. The molecule has 0 aliphatic rings. The van der Waals surface area contributed by atoms with Crippen LogP contribution in [0.15, 0.2) is 42.5 Å². The van der Waals surface area contributed by atoms with Gasteiger partial charge in [0.15, 0.2) is 0 Å². The Morgan fingerprint density at radius 2 is 1.96 bits per heavy atom. The highest BCUT2D eigenvalue weighted by molar-refractivity contribution is 6.42. The van der Waals surface area contributed by atoms with Crippen LogP contribution in [-0.4, -0.2) is 15.5 Å². The van der Waals surface area contributed by atoms with Gasteiger partial charge >= 0.3 is 0 Å². The maximum absolute atomic E-state index is 11.6. The average molecular weight is 376 g/mol. The van der Waals surface area contributed by atoms with E-state index >= 15 is 0 Å². The van der Waals surface area contributed by atoms with Gasteiger partial charge in [0.05, 0.1) is 27.1 Å². The Hall–Kier alpha value is -2.04. The van der Waals surface area contributed by atoms with Crippen molar-refractivity contribution in [1.29, 1.82) is 0 Å². The van der Waals surface area contributed by atoms with Crippen LogP contribution in [0.3, 0.4) is 0 Å². The number of amides is 1. The van der Waals surface area contributed by atoms with Crippen LogP contribution in [0, 0.1) is 0 Å². The first-order chi connectivity index (χ1) is 12.0. The van der Waals surface area contributed by atoms with E-state index in [4.69, 9.17) is 28.2 Å². The zero-order valence-corrected chi connectivity index (χ0v) is 15.6. The third-order valence-electron chi connectivity index (χ3n) is 4.11. The second kappa shape index (κ2) is 7.46. The minimum atomic E-state index is -0.146. The minimum Gasteiger partial charge on any atom is -0.346 e. The standard InChI is InChI=1S/C19H19Cl2N3O/c1-3-16(22-12(2)25)19-23-17-6-4-5-7-18(17)24(19)11-13-8-9-14(20)15(21)10-13/h4-10,16H,3,11H2,1-2H3,(H,22,25)/t16-/m0/s1. The zero-order chi connectivity index (χ0) is 18.0. The Balaban J connectivity index is 2.09. The van der Waals surface area contributed by atoms with Crippen molar-refractivity contribution in [1.82, 2.24) is 14.9 Å². The lowest BCUT2D eigenvalue weighted by Crippen LogP contribution is -2.28. The number of hydrogen-bond acceptors (Lipinski definition) is 2. The molecule has 1 amide bonds. The Morgan fingerprint density at radius 1 is 1.20 bits per heavy atom. The van der Waals surface area contributed by atoms with E-state index in [-0.39, 0.29) is 11.9 Å². The molecule has 1 atom stereocenters. The Bertz CT molecular complexity index is 920. The summed E-state index contributed by atoms with van der Waals surface area (Å²) in [6, 6.07) is 13.4. The molecule has 2 aromatic carbocycles. The van der Waals surface area contributed by atoms with Gasteiger partial charge in [-0.3, -0.25) is 4.79 Å². The molecule has 0 bridgehead atoms. The highest BCUT2D eigenvalue weighted by atomic mass is 35.5. The van der Waals surface area contributed by atoms with Crippen LogP contribution in [0.4, 0.5) is 0 Å². The third kappa shape index (κ3) is 3.80. The van der Waals surface area contributed by atoms with Crippen molar-refractivity contribution in [2.24, 2.45) is 0 Å². The quantitative estimate of drug-likeness (QED) is 0.683. The van der Waals surface area contributed by atoms with Gasteiger partial charge in [0.2, 0.25) is 5.91 Å². The summed E-state index contributed by atoms with van der Waals surface area (Å²) in [5.74, 6) is 0.768. The van der Waals surface area contributed by atoms with Gasteiger partial charge < -0.3 is 9.88 Å². The largest absolute Gasteiger partial charge is 0.346 e. The summed E-state index contributed by atoms with van der Waals surface area (Å²) in [4.78, 5) is 16.3. The highest BCUT2D eigenvalue weighted by Crippen LogP contribution is 2.27. The van der Waals surface area contributed by atoms with Gasteiger partial charge in [-0.1, -0.05) is 48.3 Å². The fourth-order valence-electron chi connectivity index (χ4n) is 2.94. The molecule has 0 saturated carbocycles. The normalized spacial score (nSPS) is 12.3. The first-order valence-electron chi connectivity index (χ1n) is 8.15. The molecule has 1 N–H and O–H groups in total. The minimum absolute atomic E-state index is 0.0695. The van der Waals surface area contributed by atoms with Gasteiger partial charge in [-0.2, -0.15) is 0 Å². The van der Waals surface area contributed by atoms with Crippen LogP contribution in [-0.2, 0) is 11.3 Å². The van der Waals surface area contributed by atoms with Crippen molar-refractivity contribution >= 4 is 40.1 Å². The van der Waals surface area contributed by atoms with Crippen molar-refractivity contribution in [2.75, 3.05) is 0 Å². The molecule has 0 aliphatic heterocycles. The van der Waals surface area contributed by atoms with E-state index < -0.39 is 0 Å². The van der Waals surface area contributed by atoms with Gasteiger partial charge in [0, 0.05) is 13.5 Å². The van der Waals surface area contributed by atoms with E-state index in [1.54, 1.807) is 6.07 Å². The van der Waals surface area contributed by atoms with Crippen molar-refractivity contribution in [3.63, 3.8) is 0 Å². The highest BCUT2D eigenvalue weighted by Gasteiger charge is 2.20. The molecule has 1 heterocycles. The van der Waals surface area contributed by atoms with Crippen LogP contribution in [0.25, 0.3) is 11.0 Å². The molecule has 0 fully saturated rings. The summed E-state index contributed by atoms with van der Waals surface area (Å²) >= 11 is 12.2. The molecule has 3 aromatic rings. The van der Waals surface area contributed by atoms with E-state index in [0.29, 0.717) is 16.6 Å². The van der Waals surface area contributed by atoms with Crippen LogP contribution in [0.1, 0.15) is 37.7 Å². The fourth-order valence-corrected chi connectivity index (χ4v) is 3.26. The van der Waals surface area contributed by atoms with E-state index in [9.17, 15) is 4.79 Å². The second-order valence-electron chi connectivity index (χ2n) is 5.95. The van der Waals surface area contributed by atoms with E-state index in [1.165, 1.54) is 6.92 Å². The summed E-state index contributed by atoms with van der Waals surface area (Å²) in [5, 5.41) is 4.04. The van der Waals surface area contributed by atoms with Crippen LogP contribution >= 0.6 is 23.2 Å². The predicted octanol–water partition coefficient (Wildman–Crippen LogP) is 4.98. The van der Waals surface area contributed by atoms with E-state index in [2.05, 4.69) is 9.88 Å². The number of hydrogen-bond donors (Lipinski definition) is 1. The molecule has 25 heavy (non-hydrogen) atoms. The molecule has 4 nitrogen and oxygen atoms in total. The molecular weight excluding hydrogens is 357 g/mol. The number of rotatable bonds is 5. The summed E-state index contributed by atoms with van der Waals surface area (Å²) in [6.45, 7) is 4.15. The lowest BCUT2D eigenvalue weighted by atomic mass is 10.2. The molecule has 0 saturated heterocycles. The van der Waals surface area contributed by atoms with Crippen molar-refractivity contribution in [3.05, 3.63) is 63.9 Å². The number of para-hydroxylation sites is 2. The van der Waals surface area contributed by atoms with Crippen molar-refractivity contribution < 1.29 is 4.79 Å². The van der Waals surface area contributed by atoms with Gasteiger partial charge in [-0.25, -0.2) is 4.98 Å². The van der Waals surface area contributed by atoms with Gasteiger partial charge in [0.1, 0.15) is 5.82 Å². The zero-order valence-electron chi connectivity index (χ0n) is 14.1. The number of halogens is 2. The number of carbonyl (C=O) groups is 1. The number of aromatic nitrogens is 2. The lowest BCUT2D eigenvalue weighted by molar-refractivity contribution is -0.119. The Kier molecular flexibility index (Phi) is 5.30. The topological polar surface area (TPSA) is 46.9 Å². The predicted molar refractivity (Wildman–Crippen MR) is 102 cm³/mol. The van der Waals surface area contributed by atoms with E-state index in [1.807, 2.05) is 43.3 Å². The van der Waals surface area contributed by atoms with Gasteiger partial charge in [0.25, 0.3) is 0 Å². The molecule has 6 heteroatoms. The smallest absolute Gasteiger partial charge is 0.217 e. The van der Waals surface area contributed by atoms with E-state index in [0.717, 1.165) is 28.8 Å². The summed E-state index contributed by atoms with van der Waals surface area (Å²) in [6.07, 6.45) is 0.754. The molecule has 0 aliphatic carbocycles. The first-order valence-corrected chi connectivity index (χ1v) is 8.91. The molecule has 0 unspecified atom stereocenters. The summed E-state index contributed by atoms with van der Waals surface area (Å²) in [5.41, 5.74) is 2.95. The van der Waals surface area contributed by atoms with Crippen LogP contribution < -0.4 is 5.32 Å². The molecular formula is C19H19Cl2N3O. The maximum Gasteiger partial charge on any atom is 0.217 e. The van der Waals surface area contributed by atoms with Crippen LogP contribution in [0.5, 0.6) is 0 Å². The molecule has 1 aromatic heterocycles. The lowest BCUT2D eigenvalue weighted by Gasteiger charge is -2.18. The second-order valence-corrected chi connectivity index (χ2v) is 6.77. The molecule has 130 valence electrons. The Labute approximate surface area is 156 Å². The first kappa shape index (κ1) is 17.8. The number of benzene rings is 2. The monoisotopic (exact) mass is 375 g/mol. The number of imidazole rings is 1. The number of nitrogens with one attached hydrogen (secondary N) is 1. The molecule has 3 rings (SSSR count). The SMILES string of the molecule is CC[C@H](NC(C)=O)c1nc2ccccc2n1Cc1ccc(Cl)c(Cl)c1. The van der Waals surface area contributed by atoms with Gasteiger partial charge in [-0.05, 0) is 36.2 Å².